The predicted octanol–water partition coefficient (Wildman–Crippen LogP) is 7.75. The Morgan fingerprint density at radius 3 is 2.16 bits per heavy atom. The molecule has 0 fully saturated rings. The summed E-state index contributed by atoms with van der Waals surface area (Å²) in [5.41, 5.74) is 6.01. The summed E-state index contributed by atoms with van der Waals surface area (Å²) in [6.07, 6.45) is 0.920. The molecule has 4 rings (SSSR count). The third-order valence-corrected chi connectivity index (χ3v) is 7.11. The number of aromatic amines is 1. The van der Waals surface area contributed by atoms with Crippen molar-refractivity contribution in [3.63, 3.8) is 0 Å². The lowest BCUT2D eigenvalue weighted by atomic mass is 9.86. The molecule has 0 aliphatic rings. The van der Waals surface area contributed by atoms with Crippen molar-refractivity contribution in [1.29, 1.82) is 0 Å². The third kappa shape index (κ3) is 6.67. The molecular formula is C32H36F2N2O2. The number of ether oxygens (including phenoxy) is 1. The van der Waals surface area contributed by atoms with Crippen molar-refractivity contribution in [2.24, 2.45) is 0 Å². The maximum atomic E-state index is 13.1. The Labute approximate surface area is 223 Å². The molecule has 6 heteroatoms. The molecule has 1 unspecified atom stereocenters. The van der Waals surface area contributed by atoms with Crippen LogP contribution in [0.15, 0.2) is 77.6 Å². The summed E-state index contributed by atoms with van der Waals surface area (Å²) < 4.78 is 29.8. The number of aryl methyl sites for hydroxylation is 1. The molecule has 38 heavy (non-hydrogen) atoms. The first-order chi connectivity index (χ1) is 18.0. The van der Waals surface area contributed by atoms with E-state index >= 15 is 0 Å². The lowest BCUT2D eigenvalue weighted by molar-refractivity contribution is -0.0498. The van der Waals surface area contributed by atoms with Gasteiger partial charge in [-0.25, -0.2) is 0 Å². The van der Waals surface area contributed by atoms with Crippen LogP contribution >= 0.6 is 0 Å². The fourth-order valence-electron chi connectivity index (χ4n) is 4.67. The van der Waals surface area contributed by atoms with Gasteiger partial charge in [0.2, 0.25) is 0 Å². The normalized spacial score (nSPS) is 12.9. The summed E-state index contributed by atoms with van der Waals surface area (Å²) in [5.74, 6) is 0.123. The summed E-state index contributed by atoms with van der Waals surface area (Å²) in [6.45, 7) is 8.93. The molecule has 4 nitrogen and oxygen atoms in total. The molecule has 1 aromatic heterocycles. The predicted molar refractivity (Wildman–Crippen MR) is 150 cm³/mol. The van der Waals surface area contributed by atoms with Crippen LogP contribution in [0.25, 0.3) is 10.9 Å². The van der Waals surface area contributed by atoms with Gasteiger partial charge in [0.1, 0.15) is 5.75 Å². The largest absolute Gasteiger partial charge is 0.435 e. The molecule has 1 N–H and O–H groups in total. The lowest BCUT2D eigenvalue weighted by Gasteiger charge is -2.30. The van der Waals surface area contributed by atoms with Crippen molar-refractivity contribution < 1.29 is 13.5 Å². The van der Waals surface area contributed by atoms with E-state index in [0.717, 1.165) is 28.5 Å². The van der Waals surface area contributed by atoms with Crippen LogP contribution in [0.5, 0.6) is 5.75 Å². The van der Waals surface area contributed by atoms with Crippen LogP contribution in [0.1, 0.15) is 68.5 Å². The fraction of sp³-hybridized carbons (Fsp3) is 0.344. The molecule has 1 atom stereocenters. The van der Waals surface area contributed by atoms with Gasteiger partial charge in [0.15, 0.2) is 0 Å². The van der Waals surface area contributed by atoms with E-state index in [1.807, 2.05) is 18.2 Å². The first-order valence-corrected chi connectivity index (χ1v) is 13.1. The van der Waals surface area contributed by atoms with Crippen molar-refractivity contribution in [3.05, 3.63) is 111 Å². The van der Waals surface area contributed by atoms with E-state index in [2.05, 4.69) is 79.6 Å². The summed E-state index contributed by atoms with van der Waals surface area (Å²) in [7, 11) is 0. The number of hydrogen-bond acceptors (Lipinski definition) is 3. The van der Waals surface area contributed by atoms with Gasteiger partial charge >= 0.3 is 6.61 Å². The number of halogens is 2. The highest BCUT2D eigenvalue weighted by Gasteiger charge is 2.20. The molecule has 4 aromatic rings. The number of nitrogens with zero attached hydrogens (tertiary/aromatic N) is 1. The average Bonchev–Trinajstić information content (AvgIpc) is 2.88. The maximum Gasteiger partial charge on any atom is 0.387 e. The Bertz CT molecular complexity index is 1420. The smallest absolute Gasteiger partial charge is 0.387 e. The van der Waals surface area contributed by atoms with Crippen LogP contribution in [0.3, 0.4) is 0 Å². The van der Waals surface area contributed by atoms with Gasteiger partial charge in [0, 0.05) is 30.2 Å². The number of fused-ring (bicyclic) bond motifs is 1. The van der Waals surface area contributed by atoms with Crippen LogP contribution < -0.4 is 10.3 Å². The second-order valence-corrected chi connectivity index (χ2v) is 10.9. The van der Waals surface area contributed by atoms with Gasteiger partial charge < -0.3 is 9.72 Å². The third-order valence-electron chi connectivity index (χ3n) is 7.11. The Morgan fingerprint density at radius 2 is 1.55 bits per heavy atom. The minimum absolute atomic E-state index is 0.0588. The summed E-state index contributed by atoms with van der Waals surface area (Å²) in [4.78, 5) is 18.3. The van der Waals surface area contributed by atoms with Crippen molar-refractivity contribution in [2.45, 2.75) is 72.2 Å². The Balaban J connectivity index is 1.67. The lowest BCUT2D eigenvalue weighted by Crippen LogP contribution is -2.29. The summed E-state index contributed by atoms with van der Waals surface area (Å²) in [6, 6.07) is 23.3. The number of aromatic nitrogens is 1. The quantitative estimate of drug-likeness (QED) is 0.246. The fourth-order valence-corrected chi connectivity index (χ4v) is 4.67. The second kappa shape index (κ2) is 11.5. The van der Waals surface area contributed by atoms with Crippen molar-refractivity contribution in [2.75, 3.05) is 0 Å². The van der Waals surface area contributed by atoms with Crippen LogP contribution in [0.2, 0.25) is 0 Å². The van der Waals surface area contributed by atoms with Crippen molar-refractivity contribution >= 4 is 10.9 Å². The monoisotopic (exact) mass is 518 g/mol. The van der Waals surface area contributed by atoms with E-state index < -0.39 is 6.61 Å². The average molecular weight is 519 g/mol. The Hall–Kier alpha value is -3.51. The van der Waals surface area contributed by atoms with E-state index in [1.54, 1.807) is 24.3 Å². The Morgan fingerprint density at radius 1 is 0.895 bits per heavy atom. The molecule has 0 aliphatic heterocycles. The highest BCUT2D eigenvalue weighted by atomic mass is 19.3. The van der Waals surface area contributed by atoms with Gasteiger partial charge in [-0.05, 0) is 76.7 Å². The molecule has 0 aliphatic carbocycles. The second-order valence-electron chi connectivity index (χ2n) is 10.9. The van der Waals surface area contributed by atoms with Crippen LogP contribution in [0, 0.1) is 0 Å². The summed E-state index contributed by atoms with van der Waals surface area (Å²) >= 11 is 0. The molecule has 0 bridgehead atoms. The molecular weight excluding hydrogens is 482 g/mol. The first-order valence-electron chi connectivity index (χ1n) is 13.1. The van der Waals surface area contributed by atoms with Crippen LogP contribution in [0.4, 0.5) is 8.78 Å². The van der Waals surface area contributed by atoms with Crippen molar-refractivity contribution in [3.8, 4) is 5.75 Å². The van der Waals surface area contributed by atoms with E-state index in [4.69, 9.17) is 0 Å². The molecule has 0 radical (unpaired) electrons. The standard InChI is InChI=1S/C32H36F2N2O2/c1-6-22-9-16-29-25(17-22)18-26(30(37)35-29)20-36(19-23-7-12-27(13-8-23)32(3,4)5)21(2)24-10-14-28(15-11-24)38-31(33)34/h7-18,21,31H,6,19-20H2,1-5H3,(H,35,37). The Kier molecular flexibility index (Phi) is 8.32. The zero-order valence-corrected chi connectivity index (χ0v) is 22.7. The molecule has 0 saturated carbocycles. The van der Waals surface area contributed by atoms with Crippen molar-refractivity contribution in [1.82, 2.24) is 9.88 Å². The van der Waals surface area contributed by atoms with E-state index in [1.165, 1.54) is 11.1 Å². The molecule has 0 spiro atoms. The van der Waals surface area contributed by atoms with Gasteiger partial charge in [-0.15, -0.1) is 0 Å². The minimum Gasteiger partial charge on any atom is -0.435 e. The minimum atomic E-state index is -2.86. The van der Waals surface area contributed by atoms with Gasteiger partial charge in [-0.1, -0.05) is 70.2 Å². The van der Waals surface area contributed by atoms with Gasteiger partial charge in [0.05, 0.1) is 0 Å². The number of benzene rings is 3. The number of pyridine rings is 1. The van der Waals surface area contributed by atoms with Gasteiger partial charge in [0.25, 0.3) is 5.56 Å². The molecule has 0 saturated heterocycles. The zero-order chi connectivity index (χ0) is 27.4. The van der Waals surface area contributed by atoms with Gasteiger partial charge in [-0.2, -0.15) is 8.78 Å². The zero-order valence-electron chi connectivity index (χ0n) is 22.7. The summed E-state index contributed by atoms with van der Waals surface area (Å²) in [5, 5.41) is 1.01. The number of H-pyrrole nitrogens is 1. The molecule has 3 aromatic carbocycles. The van der Waals surface area contributed by atoms with Crippen LogP contribution in [-0.4, -0.2) is 16.5 Å². The van der Waals surface area contributed by atoms with Gasteiger partial charge in [-0.3, -0.25) is 9.69 Å². The highest BCUT2D eigenvalue weighted by molar-refractivity contribution is 5.79. The SMILES string of the molecule is CCc1ccc2[nH]c(=O)c(CN(Cc3ccc(C(C)(C)C)cc3)C(C)c3ccc(OC(F)F)cc3)cc2c1. The molecule has 1 heterocycles. The first kappa shape index (κ1) is 27.5. The highest BCUT2D eigenvalue weighted by Crippen LogP contribution is 2.28. The number of rotatable bonds is 9. The van der Waals surface area contributed by atoms with E-state index in [9.17, 15) is 13.6 Å². The number of hydrogen-bond donors (Lipinski definition) is 1. The number of nitrogens with one attached hydrogen (secondary N) is 1. The molecule has 0 amide bonds. The van der Waals surface area contributed by atoms with Crippen LogP contribution in [-0.2, 0) is 24.9 Å². The van der Waals surface area contributed by atoms with E-state index in [-0.39, 0.29) is 22.8 Å². The molecule has 200 valence electrons. The number of alkyl halides is 2. The maximum absolute atomic E-state index is 13.1. The topological polar surface area (TPSA) is 45.3 Å². The van der Waals surface area contributed by atoms with E-state index in [0.29, 0.717) is 18.7 Å².